The predicted octanol–water partition coefficient (Wildman–Crippen LogP) is 1.78. The lowest BCUT2D eigenvalue weighted by molar-refractivity contribution is -0.120. The first-order valence-corrected chi connectivity index (χ1v) is 8.42. The van der Waals surface area contributed by atoms with E-state index in [4.69, 9.17) is 10.5 Å². The van der Waals surface area contributed by atoms with Crippen molar-refractivity contribution >= 4 is 5.91 Å². The van der Waals surface area contributed by atoms with Crippen molar-refractivity contribution in [2.45, 2.75) is 24.7 Å². The summed E-state index contributed by atoms with van der Waals surface area (Å²) in [4.78, 5) is 20.8. The van der Waals surface area contributed by atoms with Crippen LogP contribution in [0.4, 0.5) is 0 Å². The highest BCUT2D eigenvalue weighted by atomic mass is 16.5. The molecule has 0 aliphatic heterocycles. The van der Waals surface area contributed by atoms with E-state index in [1.165, 1.54) is 0 Å². The van der Waals surface area contributed by atoms with Crippen molar-refractivity contribution in [2.24, 2.45) is 5.73 Å². The standard InChI is InChI=1S/C19H19N5O2/c1-26-15-6-4-13(5-7-15)11-16-22-18(19(8-9-19)17(20)25)24(23-16)14-3-2-10-21-12-14/h2-7,10,12H,8-9,11H2,1H3,(H2,20,25). The quantitative estimate of drug-likeness (QED) is 0.732. The molecule has 0 bridgehead atoms. The molecule has 2 heterocycles. The van der Waals surface area contributed by atoms with Gasteiger partial charge in [0.05, 0.1) is 19.0 Å². The third-order valence-corrected chi connectivity index (χ3v) is 4.71. The Hall–Kier alpha value is -3.22. The molecule has 26 heavy (non-hydrogen) atoms. The number of amides is 1. The van der Waals surface area contributed by atoms with Gasteiger partial charge in [0, 0.05) is 12.6 Å². The summed E-state index contributed by atoms with van der Waals surface area (Å²) in [5, 5.41) is 4.63. The number of primary amides is 1. The maximum atomic E-state index is 12.0. The summed E-state index contributed by atoms with van der Waals surface area (Å²) in [6.07, 6.45) is 5.34. The van der Waals surface area contributed by atoms with Crippen LogP contribution >= 0.6 is 0 Å². The molecule has 1 aliphatic rings. The Morgan fingerprint density at radius 1 is 1.27 bits per heavy atom. The fourth-order valence-corrected chi connectivity index (χ4v) is 3.03. The van der Waals surface area contributed by atoms with Gasteiger partial charge in [-0.05, 0) is 42.7 Å². The molecule has 4 rings (SSSR count). The molecule has 2 aromatic heterocycles. The third-order valence-electron chi connectivity index (χ3n) is 4.71. The van der Waals surface area contributed by atoms with Crippen LogP contribution in [0.5, 0.6) is 5.75 Å². The van der Waals surface area contributed by atoms with Crippen molar-refractivity contribution in [3.05, 3.63) is 66.0 Å². The minimum Gasteiger partial charge on any atom is -0.497 e. The molecule has 132 valence electrons. The SMILES string of the molecule is COc1ccc(Cc2nc(C3(C(N)=O)CC3)n(-c3cccnc3)n2)cc1. The topological polar surface area (TPSA) is 95.9 Å². The van der Waals surface area contributed by atoms with Gasteiger partial charge in [-0.15, -0.1) is 0 Å². The molecular weight excluding hydrogens is 330 g/mol. The zero-order valence-corrected chi connectivity index (χ0v) is 14.4. The Bertz CT molecular complexity index is 930. The van der Waals surface area contributed by atoms with Gasteiger partial charge in [-0.2, -0.15) is 5.10 Å². The van der Waals surface area contributed by atoms with E-state index in [-0.39, 0.29) is 5.91 Å². The van der Waals surface area contributed by atoms with Crippen LogP contribution in [0.25, 0.3) is 5.69 Å². The van der Waals surface area contributed by atoms with E-state index >= 15 is 0 Å². The molecule has 0 unspecified atom stereocenters. The first-order valence-electron chi connectivity index (χ1n) is 8.42. The summed E-state index contributed by atoms with van der Waals surface area (Å²) in [7, 11) is 1.64. The van der Waals surface area contributed by atoms with Crippen LogP contribution in [-0.2, 0) is 16.6 Å². The summed E-state index contributed by atoms with van der Waals surface area (Å²) in [6.45, 7) is 0. The summed E-state index contributed by atoms with van der Waals surface area (Å²) < 4.78 is 6.88. The molecule has 1 amide bonds. The van der Waals surface area contributed by atoms with Crippen molar-refractivity contribution in [3.63, 3.8) is 0 Å². The molecule has 1 saturated carbocycles. The van der Waals surface area contributed by atoms with Crippen LogP contribution in [0.15, 0.2) is 48.8 Å². The van der Waals surface area contributed by atoms with Crippen molar-refractivity contribution in [2.75, 3.05) is 7.11 Å². The number of ether oxygens (including phenoxy) is 1. The predicted molar refractivity (Wildman–Crippen MR) is 95.1 cm³/mol. The summed E-state index contributed by atoms with van der Waals surface area (Å²) in [5.41, 5.74) is 6.76. The molecule has 0 radical (unpaired) electrons. The number of nitrogens with two attached hydrogens (primary N) is 1. The maximum Gasteiger partial charge on any atom is 0.231 e. The molecule has 1 aliphatic carbocycles. The smallest absolute Gasteiger partial charge is 0.231 e. The Kier molecular flexibility index (Phi) is 3.91. The minimum absolute atomic E-state index is 0.356. The number of methoxy groups -OCH3 is 1. The fraction of sp³-hybridized carbons (Fsp3) is 0.263. The summed E-state index contributed by atoms with van der Waals surface area (Å²) >= 11 is 0. The number of nitrogens with zero attached hydrogens (tertiary/aromatic N) is 4. The Morgan fingerprint density at radius 3 is 2.62 bits per heavy atom. The molecule has 7 nitrogen and oxygen atoms in total. The fourth-order valence-electron chi connectivity index (χ4n) is 3.03. The molecule has 1 aromatic carbocycles. The Morgan fingerprint density at radius 2 is 2.04 bits per heavy atom. The van der Waals surface area contributed by atoms with Crippen molar-refractivity contribution in [1.29, 1.82) is 0 Å². The summed E-state index contributed by atoms with van der Waals surface area (Å²) in [5.74, 6) is 1.68. The number of carbonyl (C=O) groups excluding carboxylic acids is 1. The molecule has 0 atom stereocenters. The number of aromatic nitrogens is 4. The Labute approximate surface area is 150 Å². The second-order valence-corrected chi connectivity index (χ2v) is 6.45. The van der Waals surface area contributed by atoms with Crippen LogP contribution in [-0.4, -0.2) is 32.8 Å². The zero-order chi connectivity index (χ0) is 18.1. The van der Waals surface area contributed by atoms with E-state index in [9.17, 15) is 4.79 Å². The van der Waals surface area contributed by atoms with Gasteiger partial charge in [0.2, 0.25) is 5.91 Å². The summed E-state index contributed by atoms with van der Waals surface area (Å²) in [6, 6.07) is 11.5. The zero-order valence-electron chi connectivity index (χ0n) is 14.4. The molecule has 0 spiro atoms. The highest BCUT2D eigenvalue weighted by Crippen LogP contribution is 2.47. The van der Waals surface area contributed by atoms with E-state index in [1.54, 1.807) is 24.2 Å². The maximum absolute atomic E-state index is 12.0. The van der Waals surface area contributed by atoms with Gasteiger partial charge in [-0.25, -0.2) is 9.67 Å². The average molecular weight is 349 g/mol. The van der Waals surface area contributed by atoms with Gasteiger partial charge in [0.1, 0.15) is 17.0 Å². The first-order chi connectivity index (χ1) is 12.6. The van der Waals surface area contributed by atoms with Crippen molar-refractivity contribution in [3.8, 4) is 11.4 Å². The molecule has 0 saturated heterocycles. The number of benzene rings is 1. The largest absolute Gasteiger partial charge is 0.497 e. The van der Waals surface area contributed by atoms with Crippen LogP contribution in [0.1, 0.15) is 30.1 Å². The van der Waals surface area contributed by atoms with Gasteiger partial charge in [0.15, 0.2) is 5.82 Å². The number of hydrogen-bond donors (Lipinski definition) is 1. The van der Waals surface area contributed by atoms with E-state index in [2.05, 4.69) is 15.1 Å². The average Bonchev–Trinajstić information content (AvgIpc) is 3.38. The highest BCUT2D eigenvalue weighted by Gasteiger charge is 2.54. The highest BCUT2D eigenvalue weighted by molar-refractivity contribution is 5.89. The van der Waals surface area contributed by atoms with Crippen molar-refractivity contribution < 1.29 is 9.53 Å². The van der Waals surface area contributed by atoms with Gasteiger partial charge in [-0.1, -0.05) is 12.1 Å². The van der Waals surface area contributed by atoms with E-state index in [0.29, 0.717) is 30.9 Å². The van der Waals surface area contributed by atoms with Gasteiger partial charge in [0.25, 0.3) is 0 Å². The first kappa shape index (κ1) is 16.3. The van der Waals surface area contributed by atoms with Gasteiger partial charge in [-0.3, -0.25) is 9.78 Å². The number of pyridine rings is 1. The number of carbonyl (C=O) groups is 1. The van der Waals surface area contributed by atoms with Gasteiger partial charge >= 0.3 is 0 Å². The van der Waals surface area contributed by atoms with Crippen LogP contribution < -0.4 is 10.5 Å². The lowest BCUT2D eigenvalue weighted by Gasteiger charge is -2.11. The second-order valence-electron chi connectivity index (χ2n) is 6.45. The van der Waals surface area contributed by atoms with E-state index in [0.717, 1.165) is 17.0 Å². The van der Waals surface area contributed by atoms with Crippen molar-refractivity contribution in [1.82, 2.24) is 19.7 Å². The molecule has 2 N–H and O–H groups in total. The molecule has 3 aromatic rings. The van der Waals surface area contributed by atoms with E-state index in [1.807, 2.05) is 36.4 Å². The van der Waals surface area contributed by atoms with Crippen LogP contribution in [0, 0.1) is 0 Å². The lowest BCUT2D eigenvalue weighted by atomic mass is 10.1. The number of rotatable bonds is 6. The normalized spacial score (nSPS) is 14.8. The molecular formula is C19H19N5O2. The second kappa shape index (κ2) is 6.25. The number of hydrogen-bond acceptors (Lipinski definition) is 5. The van der Waals surface area contributed by atoms with Gasteiger partial charge < -0.3 is 10.5 Å². The van der Waals surface area contributed by atoms with E-state index < -0.39 is 5.41 Å². The molecule has 7 heteroatoms. The monoisotopic (exact) mass is 349 g/mol. The lowest BCUT2D eigenvalue weighted by Crippen LogP contribution is -2.31. The minimum atomic E-state index is -0.721. The van der Waals surface area contributed by atoms with Crippen LogP contribution in [0.2, 0.25) is 0 Å². The van der Waals surface area contributed by atoms with Crippen LogP contribution in [0.3, 0.4) is 0 Å². The molecule has 1 fully saturated rings. The Balaban J connectivity index is 1.72. The third kappa shape index (κ3) is 2.81.